The third kappa shape index (κ3) is 4.50. The fraction of sp³-hybridized carbons (Fsp3) is 0.300. The molecule has 1 aromatic rings. The average molecular weight is 264 g/mol. The second kappa shape index (κ2) is 6.70. The SMILES string of the molecule is O=C(NCCO)Nc1ccc(OC(F)F)c(F)c1. The van der Waals surface area contributed by atoms with Crippen LogP contribution in [-0.4, -0.2) is 30.9 Å². The predicted octanol–water partition coefficient (Wildman–Crippen LogP) is 1.54. The third-order valence-corrected chi connectivity index (χ3v) is 1.80. The quantitative estimate of drug-likeness (QED) is 0.755. The standard InChI is InChI=1S/C10H11F3N2O3/c11-7-5-6(15-10(17)14-3-4-16)1-2-8(7)18-9(12)13/h1-2,5,9,16H,3-4H2,(H2,14,15,17). The summed E-state index contributed by atoms with van der Waals surface area (Å²) in [7, 11) is 0. The first-order chi connectivity index (χ1) is 8.52. The highest BCUT2D eigenvalue weighted by Crippen LogP contribution is 2.22. The highest BCUT2D eigenvalue weighted by atomic mass is 19.3. The number of anilines is 1. The molecule has 3 N–H and O–H groups in total. The number of rotatable bonds is 5. The molecule has 1 aromatic carbocycles. The fourth-order valence-electron chi connectivity index (χ4n) is 1.11. The molecule has 0 unspecified atom stereocenters. The molecule has 0 aromatic heterocycles. The van der Waals surface area contributed by atoms with E-state index in [1.54, 1.807) is 0 Å². The summed E-state index contributed by atoms with van der Waals surface area (Å²) >= 11 is 0. The number of nitrogens with one attached hydrogen (secondary N) is 2. The summed E-state index contributed by atoms with van der Waals surface area (Å²) in [5.74, 6) is -1.62. The number of halogens is 3. The van der Waals surface area contributed by atoms with Crippen LogP contribution in [-0.2, 0) is 0 Å². The molecule has 0 fully saturated rings. The van der Waals surface area contributed by atoms with E-state index in [9.17, 15) is 18.0 Å². The van der Waals surface area contributed by atoms with Crippen molar-refractivity contribution in [3.63, 3.8) is 0 Å². The first kappa shape index (κ1) is 14.1. The van der Waals surface area contributed by atoms with E-state index in [0.29, 0.717) is 0 Å². The van der Waals surface area contributed by atoms with E-state index in [1.807, 2.05) is 0 Å². The predicted molar refractivity (Wildman–Crippen MR) is 57.1 cm³/mol. The van der Waals surface area contributed by atoms with Crippen molar-refractivity contribution >= 4 is 11.7 Å². The van der Waals surface area contributed by atoms with Crippen LogP contribution in [0.5, 0.6) is 5.75 Å². The van der Waals surface area contributed by atoms with Gasteiger partial charge in [-0.2, -0.15) is 8.78 Å². The van der Waals surface area contributed by atoms with Gasteiger partial charge in [-0.1, -0.05) is 0 Å². The Morgan fingerprint density at radius 2 is 2.17 bits per heavy atom. The van der Waals surface area contributed by atoms with Crippen LogP contribution in [0.25, 0.3) is 0 Å². The maximum Gasteiger partial charge on any atom is 0.387 e. The Bertz CT molecular complexity index is 415. The number of hydrogen-bond acceptors (Lipinski definition) is 3. The van der Waals surface area contributed by atoms with E-state index in [-0.39, 0.29) is 18.8 Å². The summed E-state index contributed by atoms with van der Waals surface area (Å²) in [4.78, 5) is 11.1. The number of carbonyl (C=O) groups is 1. The van der Waals surface area contributed by atoms with Crippen molar-refractivity contribution in [3.8, 4) is 5.75 Å². The topological polar surface area (TPSA) is 70.6 Å². The number of carbonyl (C=O) groups excluding carboxylic acids is 1. The smallest absolute Gasteiger partial charge is 0.387 e. The van der Waals surface area contributed by atoms with Gasteiger partial charge < -0.3 is 20.5 Å². The first-order valence-electron chi connectivity index (χ1n) is 4.93. The van der Waals surface area contributed by atoms with Gasteiger partial charge >= 0.3 is 12.6 Å². The third-order valence-electron chi connectivity index (χ3n) is 1.80. The van der Waals surface area contributed by atoms with Crippen LogP contribution in [0.4, 0.5) is 23.7 Å². The molecule has 0 aliphatic heterocycles. The zero-order chi connectivity index (χ0) is 13.5. The number of aliphatic hydroxyl groups is 1. The van der Waals surface area contributed by atoms with E-state index in [1.165, 1.54) is 6.07 Å². The Morgan fingerprint density at radius 1 is 1.44 bits per heavy atom. The molecule has 0 aliphatic rings. The normalized spacial score (nSPS) is 10.3. The Morgan fingerprint density at radius 3 is 2.72 bits per heavy atom. The highest BCUT2D eigenvalue weighted by Gasteiger charge is 2.11. The van der Waals surface area contributed by atoms with Crippen LogP contribution in [0.15, 0.2) is 18.2 Å². The number of benzene rings is 1. The van der Waals surface area contributed by atoms with Crippen molar-refractivity contribution < 1.29 is 27.8 Å². The van der Waals surface area contributed by atoms with Crippen LogP contribution in [0.2, 0.25) is 0 Å². The fourth-order valence-corrected chi connectivity index (χ4v) is 1.11. The molecular weight excluding hydrogens is 253 g/mol. The van der Waals surface area contributed by atoms with Crippen molar-refractivity contribution in [2.24, 2.45) is 0 Å². The van der Waals surface area contributed by atoms with Crippen molar-refractivity contribution in [2.75, 3.05) is 18.5 Å². The first-order valence-corrected chi connectivity index (χ1v) is 4.93. The van der Waals surface area contributed by atoms with Gasteiger partial charge in [0, 0.05) is 18.3 Å². The zero-order valence-electron chi connectivity index (χ0n) is 9.12. The second-order valence-corrected chi connectivity index (χ2v) is 3.13. The summed E-state index contributed by atoms with van der Waals surface area (Å²) in [6, 6.07) is 2.38. The minimum absolute atomic E-state index is 0.0426. The molecule has 0 heterocycles. The van der Waals surface area contributed by atoms with E-state index < -0.39 is 24.2 Å². The highest BCUT2D eigenvalue weighted by molar-refractivity contribution is 5.89. The molecule has 5 nitrogen and oxygen atoms in total. The molecule has 8 heteroatoms. The van der Waals surface area contributed by atoms with Crippen molar-refractivity contribution in [1.29, 1.82) is 0 Å². The number of hydrogen-bond donors (Lipinski definition) is 3. The van der Waals surface area contributed by atoms with Gasteiger partial charge in [0.15, 0.2) is 11.6 Å². The molecule has 100 valence electrons. The largest absolute Gasteiger partial charge is 0.432 e. The lowest BCUT2D eigenvalue weighted by molar-refractivity contribution is -0.0521. The van der Waals surface area contributed by atoms with E-state index in [4.69, 9.17) is 5.11 Å². The van der Waals surface area contributed by atoms with Gasteiger partial charge in [-0.15, -0.1) is 0 Å². The lowest BCUT2D eigenvalue weighted by atomic mass is 10.3. The Hall–Kier alpha value is -1.96. The lowest BCUT2D eigenvalue weighted by Gasteiger charge is -2.09. The van der Waals surface area contributed by atoms with Gasteiger partial charge in [0.1, 0.15) is 0 Å². The molecule has 0 radical (unpaired) electrons. The molecule has 0 bridgehead atoms. The molecule has 18 heavy (non-hydrogen) atoms. The summed E-state index contributed by atoms with van der Waals surface area (Å²) in [5, 5.41) is 13.0. The minimum atomic E-state index is -3.12. The van der Waals surface area contributed by atoms with E-state index in [2.05, 4.69) is 15.4 Å². The minimum Gasteiger partial charge on any atom is -0.432 e. The number of alkyl halides is 2. The summed E-state index contributed by atoms with van der Waals surface area (Å²) in [6.07, 6.45) is 0. The van der Waals surface area contributed by atoms with Crippen molar-refractivity contribution in [1.82, 2.24) is 5.32 Å². The maximum atomic E-state index is 13.2. The van der Waals surface area contributed by atoms with Gasteiger partial charge in [0.05, 0.1) is 6.61 Å². The summed E-state index contributed by atoms with van der Waals surface area (Å²) in [5.41, 5.74) is 0.0737. The van der Waals surface area contributed by atoms with Crippen molar-refractivity contribution in [2.45, 2.75) is 6.61 Å². The van der Waals surface area contributed by atoms with Crippen LogP contribution >= 0.6 is 0 Å². The van der Waals surface area contributed by atoms with Crippen LogP contribution in [0, 0.1) is 5.82 Å². The molecular formula is C10H11F3N2O3. The van der Waals surface area contributed by atoms with Crippen LogP contribution in [0.3, 0.4) is 0 Å². The number of ether oxygens (including phenoxy) is 1. The molecule has 0 spiro atoms. The number of urea groups is 1. The summed E-state index contributed by atoms with van der Waals surface area (Å²) in [6.45, 7) is -3.31. The molecule has 0 saturated heterocycles. The monoisotopic (exact) mass is 264 g/mol. The lowest BCUT2D eigenvalue weighted by Crippen LogP contribution is -2.30. The van der Waals surface area contributed by atoms with Crippen LogP contribution in [0.1, 0.15) is 0 Å². The van der Waals surface area contributed by atoms with Gasteiger partial charge in [0.2, 0.25) is 0 Å². The van der Waals surface area contributed by atoms with E-state index >= 15 is 0 Å². The Balaban J connectivity index is 2.63. The zero-order valence-corrected chi connectivity index (χ0v) is 9.12. The number of amides is 2. The molecule has 1 rings (SSSR count). The van der Waals surface area contributed by atoms with Gasteiger partial charge in [-0.3, -0.25) is 0 Å². The summed E-state index contributed by atoms with van der Waals surface area (Å²) < 4.78 is 40.9. The average Bonchev–Trinajstić information content (AvgIpc) is 2.29. The Labute approximate surface area is 101 Å². The molecule has 2 amide bonds. The molecule has 0 saturated carbocycles. The molecule has 0 aliphatic carbocycles. The van der Waals surface area contributed by atoms with Gasteiger partial charge in [0.25, 0.3) is 0 Å². The number of aliphatic hydroxyl groups excluding tert-OH is 1. The van der Waals surface area contributed by atoms with E-state index in [0.717, 1.165) is 12.1 Å². The van der Waals surface area contributed by atoms with Gasteiger partial charge in [-0.05, 0) is 12.1 Å². The maximum absolute atomic E-state index is 13.2. The van der Waals surface area contributed by atoms with Crippen molar-refractivity contribution in [3.05, 3.63) is 24.0 Å². The second-order valence-electron chi connectivity index (χ2n) is 3.13. The van der Waals surface area contributed by atoms with Gasteiger partial charge in [-0.25, -0.2) is 9.18 Å². The Kier molecular flexibility index (Phi) is 5.25. The molecule has 0 atom stereocenters. The van der Waals surface area contributed by atoms with Crippen LogP contribution < -0.4 is 15.4 Å².